The monoisotopic (exact) mass is 466 g/mol. The number of thiol groups is 1. The highest BCUT2D eigenvalue weighted by molar-refractivity contribution is 9.10. The molecule has 0 heterocycles. The molecule has 0 aliphatic heterocycles. The molecule has 1 N–H and O–H groups in total. The number of Topliss-reactive ketones (excluding diaryl/α,β-unsaturated/α-hetero) is 1. The van der Waals surface area contributed by atoms with Gasteiger partial charge in [0.25, 0.3) is 0 Å². The molecule has 0 aromatic rings. The van der Waals surface area contributed by atoms with Crippen LogP contribution in [0, 0.1) is 5.92 Å². The molecular formula is C21H41BrNO3S+. The van der Waals surface area contributed by atoms with Gasteiger partial charge in [-0.3, -0.25) is 9.59 Å². The summed E-state index contributed by atoms with van der Waals surface area (Å²) >= 11 is 7.86. The Kier molecular flexibility index (Phi) is 14.8. The second-order valence-corrected chi connectivity index (χ2v) is 10.5. The number of hydrogen-bond acceptors (Lipinski definition) is 3. The van der Waals surface area contributed by atoms with E-state index in [1.807, 2.05) is 21.1 Å². The molecule has 0 aromatic carbocycles. The van der Waals surface area contributed by atoms with Crippen LogP contribution in [0.2, 0.25) is 0 Å². The van der Waals surface area contributed by atoms with Crippen LogP contribution in [0.4, 0.5) is 0 Å². The number of halogens is 1. The number of carbonyl (C=O) groups excluding carboxylic acids is 1. The van der Waals surface area contributed by atoms with Crippen LogP contribution < -0.4 is 0 Å². The van der Waals surface area contributed by atoms with E-state index in [1.54, 1.807) is 0 Å². The second kappa shape index (κ2) is 14.9. The first kappa shape index (κ1) is 26.9. The largest absolute Gasteiger partial charge is 0.481 e. The Hall–Kier alpha value is -0.0700. The van der Waals surface area contributed by atoms with Crippen molar-refractivity contribution in [2.75, 3.05) is 27.7 Å². The first-order valence-corrected chi connectivity index (χ1v) is 11.9. The number of aliphatic carboxylic acids is 1. The lowest BCUT2D eigenvalue weighted by Gasteiger charge is -2.29. The normalized spacial score (nSPS) is 15.3. The molecule has 0 aliphatic carbocycles. The Balaban J connectivity index is 4.11. The van der Waals surface area contributed by atoms with Crippen molar-refractivity contribution >= 4 is 40.3 Å². The van der Waals surface area contributed by atoms with Gasteiger partial charge in [0.1, 0.15) is 5.92 Å². The summed E-state index contributed by atoms with van der Waals surface area (Å²) in [5, 5.41) is 9.02. The van der Waals surface area contributed by atoms with Crippen LogP contribution in [0.1, 0.15) is 77.6 Å². The summed E-state index contributed by atoms with van der Waals surface area (Å²) in [4.78, 5) is 23.8. The van der Waals surface area contributed by atoms with Crippen molar-refractivity contribution in [3.8, 4) is 0 Å². The summed E-state index contributed by atoms with van der Waals surface area (Å²) < 4.78 is 0.580. The lowest BCUT2D eigenvalue weighted by Crippen LogP contribution is -2.47. The van der Waals surface area contributed by atoms with E-state index in [0.717, 1.165) is 12.8 Å². The number of unbranched alkanes of at least 4 members (excludes halogenated alkanes) is 9. The molecule has 3 unspecified atom stereocenters. The molecule has 0 aliphatic rings. The Morgan fingerprint density at radius 1 is 0.926 bits per heavy atom. The fraction of sp³-hybridized carbons (Fsp3) is 0.905. The van der Waals surface area contributed by atoms with Crippen LogP contribution in [0.5, 0.6) is 0 Å². The van der Waals surface area contributed by atoms with E-state index in [1.165, 1.54) is 51.4 Å². The minimum atomic E-state index is -1.07. The zero-order valence-electron chi connectivity index (χ0n) is 17.8. The maximum absolute atomic E-state index is 12.6. The number of hydrogen-bond donors (Lipinski definition) is 2. The summed E-state index contributed by atoms with van der Waals surface area (Å²) in [6.07, 6.45) is 13.2. The summed E-state index contributed by atoms with van der Waals surface area (Å²) in [5.41, 5.74) is 0. The van der Waals surface area contributed by atoms with Crippen molar-refractivity contribution in [3.63, 3.8) is 0 Å². The van der Waals surface area contributed by atoms with E-state index in [9.17, 15) is 14.7 Å². The third-order valence-electron chi connectivity index (χ3n) is 4.81. The summed E-state index contributed by atoms with van der Waals surface area (Å²) in [5.74, 6) is -2.37. The van der Waals surface area contributed by atoms with Crippen molar-refractivity contribution in [2.24, 2.45) is 5.92 Å². The molecule has 27 heavy (non-hydrogen) atoms. The zero-order valence-corrected chi connectivity index (χ0v) is 20.2. The standard InChI is InChI=1S/C21H40BrNO3S/c1-5-6-7-8-9-10-11-12-13-14-15-17(22)20(24)19(21(25)26)18(27)16-23(2,3)4/h17-19H,5-16H2,1-4H3,(H-,25,26,27)/p+1. The van der Waals surface area contributed by atoms with Crippen LogP contribution >= 0.6 is 28.6 Å². The van der Waals surface area contributed by atoms with E-state index in [-0.39, 0.29) is 5.78 Å². The van der Waals surface area contributed by atoms with Gasteiger partial charge in [0, 0.05) is 0 Å². The first-order chi connectivity index (χ1) is 12.6. The maximum Gasteiger partial charge on any atom is 0.315 e. The van der Waals surface area contributed by atoms with Gasteiger partial charge in [-0.05, 0) is 6.42 Å². The number of carboxylic acids is 1. The Morgan fingerprint density at radius 2 is 1.37 bits per heavy atom. The van der Waals surface area contributed by atoms with Gasteiger partial charge in [0.2, 0.25) is 0 Å². The average Bonchev–Trinajstić information content (AvgIpc) is 2.54. The molecule has 6 heteroatoms. The number of rotatable bonds is 17. The highest BCUT2D eigenvalue weighted by Crippen LogP contribution is 2.23. The lowest BCUT2D eigenvalue weighted by atomic mass is 9.94. The number of quaternary nitrogens is 1. The quantitative estimate of drug-likeness (QED) is 0.0999. The fourth-order valence-electron chi connectivity index (χ4n) is 3.29. The second-order valence-electron chi connectivity index (χ2n) is 8.70. The van der Waals surface area contributed by atoms with Crippen LogP contribution in [-0.4, -0.2) is 59.1 Å². The minimum absolute atomic E-state index is 0.244. The van der Waals surface area contributed by atoms with Crippen molar-refractivity contribution in [1.29, 1.82) is 0 Å². The molecule has 160 valence electrons. The lowest BCUT2D eigenvalue weighted by molar-refractivity contribution is -0.869. The molecule has 0 saturated heterocycles. The highest BCUT2D eigenvalue weighted by atomic mass is 79.9. The summed E-state index contributed by atoms with van der Waals surface area (Å²) in [7, 11) is 5.92. The van der Waals surface area contributed by atoms with Gasteiger partial charge in [-0.25, -0.2) is 0 Å². The van der Waals surface area contributed by atoms with Gasteiger partial charge in [0.05, 0.1) is 37.8 Å². The molecule has 0 rings (SSSR count). The molecule has 4 nitrogen and oxygen atoms in total. The molecule has 0 fully saturated rings. The molecule has 0 bridgehead atoms. The first-order valence-electron chi connectivity index (χ1n) is 10.5. The van der Waals surface area contributed by atoms with Crippen molar-refractivity contribution in [3.05, 3.63) is 0 Å². The Labute approximate surface area is 180 Å². The topological polar surface area (TPSA) is 54.4 Å². The maximum atomic E-state index is 12.6. The van der Waals surface area contributed by atoms with Gasteiger partial charge in [-0.15, -0.1) is 0 Å². The molecule has 0 saturated carbocycles. The SMILES string of the molecule is CCCCCCCCCCCCC(Br)C(=O)C(C(=O)O)C(S)C[N+](C)(C)C. The molecular weight excluding hydrogens is 426 g/mol. The van der Waals surface area contributed by atoms with Crippen molar-refractivity contribution in [2.45, 2.75) is 87.6 Å². The number of alkyl halides is 1. The van der Waals surface area contributed by atoms with Gasteiger partial charge < -0.3 is 9.59 Å². The molecule has 0 amide bonds. The average molecular weight is 468 g/mol. The number of carboxylic acid groups (broad SMARTS) is 1. The zero-order chi connectivity index (χ0) is 20.9. The third-order valence-corrected chi connectivity index (χ3v) is 6.18. The Bertz CT molecular complexity index is 426. The predicted molar refractivity (Wildman–Crippen MR) is 121 cm³/mol. The number of carbonyl (C=O) groups is 2. The molecule has 0 radical (unpaired) electrons. The minimum Gasteiger partial charge on any atom is -0.481 e. The summed E-state index contributed by atoms with van der Waals surface area (Å²) in [6.45, 7) is 2.77. The van der Waals surface area contributed by atoms with Crippen LogP contribution in [0.3, 0.4) is 0 Å². The fourth-order valence-corrected chi connectivity index (χ4v) is 4.66. The van der Waals surface area contributed by atoms with Gasteiger partial charge in [-0.1, -0.05) is 87.1 Å². The summed E-state index contributed by atoms with van der Waals surface area (Å²) in [6, 6.07) is 0. The predicted octanol–water partition coefficient (Wildman–Crippen LogP) is 5.34. The molecule has 0 spiro atoms. The van der Waals surface area contributed by atoms with E-state index >= 15 is 0 Å². The third kappa shape index (κ3) is 13.7. The van der Waals surface area contributed by atoms with Crippen molar-refractivity contribution < 1.29 is 19.2 Å². The van der Waals surface area contributed by atoms with E-state index < -0.39 is 22.0 Å². The van der Waals surface area contributed by atoms with Crippen LogP contribution in [0.15, 0.2) is 0 Å². The van der Waals surface area contributed by atoms with E-state index in [4.69, 9.17) is 0 Å². The van der Waals surface area contributed by atoms with E-state index in [2.05, 4.69) is 35.5 Å². The van der Waals surface area contributed by atoms with Crippen molar-refractivity contribution in [1.82, 2.24) is 0 Å². The highest BCUT2D eigenvalue weighted by Gasteiger charge is 2.38. The van der Waals surface area contributed by atoms with Gasteiger partial charge in [-0.2, -0.15) is 12.6 Å². The Morgan fingerprint density at radius 3 is 1.78 bits per heavy atom. The van der Waals surface area contributed by atoms with Gasteiger partial charge >= 0.3 is 5.97 Å². The van der Waals surface area contributed by atoms with Gasteiger partial charge in [0.15, 0.2) is 5.78 Å². The number of nitrogens with zero attached hydrogens (tertiary/aromatic N) is 1. The molecule has 3 atom stereocenters. The van der Waals surface area contributed by atoms with E-state index in [0.29, 0.717) is 17.4 Å². The molecule has 0 aromatic heterocycles. The smallest absolute Gasteiger partial charge is 0.315 e. The van der Waals surface area contributed by atoms with Crippen LogP contribution in [0.25, 0.3) is 0 Å². The number of ketones is 1. The van der Waals surface area contributed by atoms with Crippen LogP contribution in [-0.2, 0) is 9.59 Å².